The van der Waals surface area contributed by atoms with E-state index in [0.717, 1.165) is 11.2 Å². The molecule has 3 aromatic rings. The van der Waals surface area contributed by atoms with Crippen LogP contribution in [0, 0.1) is 0 Å². The fourth-order valence-electron chi connectivity index (χ4n) is 2.95. The highest BCUT2D eigenvalue weighted by atomic mass is 16.5. The van der Waals surface area contributed by atoms with E-state index in [1.54, 1.807) is 19.1 Å². The number of pyridine rings is 1. The van der Waals surface area contributed by atoms with E-state index in [0.29, 0.717) is 28.8 Å². The van der Waals surface area contributed by atoms with Crippen molar-refractivity contribution < 1.29 is 19.0 Å². The smallest absolute Gasteiger partial charge is 0.242 e. The summed E-state index contributed by atoms with van der Waals surface area (Å²) >= 11 is 0. The number of amides is 1. The molecule has 7 heteroatoms. The van der Waals surface area contributed by atoms with Crippen molar-refractivity contribution in [2.24, 2.45) is 0 Å². The lowest BCUT2D eigenvalue weighted by molar-refractivity contribution is -0.116. The summed E-state index contributed by atoms with van der Waals surface area (Å²) < 4.78 is 16.8. The van der Waals surface area contributed by atoms with Crippen LogP contribution in [-0.2, 0) is 11.3 Å². The molecule has 0 aliphatic rings. The molecule has 0 atom stereocenters. The molecule has 148 valence electrons. The van der Waals surface area contributed by atoms with Crippen LogP contribution in [0.4, 0.5) is 5.69 Å². The summed E-state index contributed by atoms with van der Waals surface area (Å²) in [5.41, 5.74) is 2.19. The summed E-state index contributed by atoms with van der Waals surface area (Å²) in [6, 6.07) is 18.6. The van der Waals surface area contributed by atoms with Gasteiger partial charge in [-0.1, -0.05) is 18.2 Å². The normalized spacial score (nSPS) is 10.3. The van der Waals surface area contributed by atoms with Gasteiger partial charge >= 0.3 is 0 Å². The van der Waals surface area contributed by atoms with Crippen molar-refractivity contribution in [3.63, 3.8) is 0 Å². The van der Waals surface area contributed by atoms with Crippen molar-refractivity contribution in [2.45, 2.75) is 13.5 Å². The van der Waals surface area contributed by atoms with Gasteiger partial charge in [-0.3, -0.25) is 4.79 Å². The molecule has 1 heterocycles. The molecule has 1 aromatic heterocycles. The molecule has 0 fully saturated rings. The van der Waals surface area contributed by atoms with Crippen LogP contribution < -0.4 is 24.7 Å². The Bertz CT molecular complexity index is 995. The number of ether oxygens (including phenoxy) is 3. The Kier molecular flexibility index (Phi) is 6.39. The highest BCUT2D eigenvalue weighted by Crippen LogP contribution is 2.33. The predicted octanol–water partition coefficient (Wildman–Crippen LogP) is 2.70. The van der Waals surface area contributed by atoms with Crippen LogP contribution in [0.3, 0.4) is 0 Å². The molecule has 0 aliphatic carbocycles. The van der Waals surface area contributed by atoms with E-state index in [1.165, 1.54) is 6.92 Å². The Morgan fingerprint density at radius 1 is 1.00 bits per heavy atom. The fourth-order valence-corrected chi connectivity index (χ4v) is 2.95. The first-order chi connectivity index (χ1) is 14.0. The van der Waals surface area contributed by atoms with Gasteiger partial charge in [0.05, 0.1) is 20.8 Å². The minimum Gasteiger partial charge on any atom is -0.497 e. The van der Waals surface area contributed by atoms with Crippen molar-refractivity contribution in [3.05, 3.63) is 66.2 Å². The van der Waals surface area contributed by atoms with Gasteiger partial charge in [0.2, 0.25) is 11.8 Å². The van der Waals surface area contributed by atoms with Gasteiger partial charge in [-0.05, 0) is 48.1 Å². The summed E-state index contributed by atoms with van der Waals surface area (Å²) in [7, 11) is 5.08. The van der Waals surface area contributed by atoms with Gasteiger partial charge in [0.1, 0.15) is 22.9 Å². The summed E-state index contributed by atoms with van der Waals surface area (Å²) in [4.78, 5) is 18.7. The molecule has 0 saturated heterocycles. The maximum atomic E-state index is 12.6. The van der Waals surface area contributed by atoms with Crippen LogP contribution in [-0.4, -0.2) is 33.0 Å². The number of benzene rings is 2. The quantitative estimate of drug-likeness (QED) is 0.581. The molecule has 6 nitrogen and oxygen atoms in total. The number of carbonyl (C=O) groups is 1. The lowest BCUT2D eigenvalue weighted by Crippen LogP contribution is -2.29. The Labute approximate surface area is 171 Å². The van der Waals surface area contributed by atoms with Crippen molar-refractivity contribution in [3.8, 4) is 23.1 Å². The first-order valence-electron chi connectivity index (χ1n) is 9.21. The van der Waals surface area contributed by atoms with E-state index in [9.17, 15) is 4.79 Å². The number of hydrogen-bond donors (Lipinski definition) is 0. The zero-order valence-corrected chi connectivity index (χ0v) is 17.0. The molecule has 1 amide bonds. The first kappa shape index (κ1) is 20.3. The molecule has 0 aliphatic heterocycles. The number of carbonyl (C=O) groups excluding carboxylic acids is 1. The number of nitrogens with zero attached hydrogens (tertiary/aromatic N) is 2. The average molecular weight is 390 g/mol. The molecule has 3 rings (SSSR count). The molecule has 0 saturated carbocycles. The number of anilines is 1. The molecule has 0 bridgehead atoms. The second-order valence-electron chi connectivity index (χ2n) is 6.47. The zero-order chi connectivity index (χ0) is 20.8. The van der Waals surface area contributed by atoms with E-state index in [1.807, 2.05) is 68.5 Å². The predicted molar refractivity (Wildman–Crippen MR) is 115 cm³/mol. The van der Waals surface area contributed by atoms with Gasteiger partial charge < -0.3 is 19.1 Å². The van der Waals surface area contributed by atoms with Gasteiger partial charge in [0.25, 0.3) is 0 Å². The van der Waals surface area contributed by atoms with Crippen molar-refractivity contribution in [2.75, 3.05) is 19.1 Å². The van der Waals surface area contributed by atoms with E-state index >= 15 is 0 Å². The summed E-state index contributed by atoms with van der Waals surface area (Å²) in [6.45, 7) is 1.80. The number of para-hydroxylation sites is 1. The second kappa shape index (κ2) is 9.14. The number of rotatable bonds is 7. The van der Waals surface area contributed by atoms with E-state index < -0.39 is 0 Å². The SMILES string of the molecule is Bc1ccc(N(Cc2cc(OC)ccc2OC)C(C)=O)c(Oc2ccccc2)n1. The second-order valence-corrected chi connectivity index (χ2v) is 6.47. The molecule has 0 radical (unpaired) electrons. The monoisotopic (exact) mass is 390 g/mol. The van der Waals surface area contributed by atoms with Crippen molar-refractivity contribution in [1.82, 2.24) is 4.98 Å². The molecule has 0 spiro atoms. The third-order valence-corrected chi connectivity index (χ3v) is 4.42. The summed E-state index contributed by atoms with van der Waals surface area (Å²) in [6.07, 6.45) is 0. The average Bonchev–Trinajstić information content (AvgIpc) is 2.73. The van der Waals surface area contributed by atoms with Gasteiger partial charge in [-0.25, -0.2) is 4.98 Å². The van der Waals surface area contributed by atoms with Crippen LogP contribution >= 0.6 is 0 Å². The largest absolute Gasteiger partial charge is 0.497 e. The molecule has 0 N–H and O–H groups in total. The first-order valence-corrected chi connectivity index (χ1v) is 9.21. The Balaban J connectivity index is 2.01. The van der Waals surface area contributed by atoms with E-state index in [2.05, 4.69) is 4.98 Å². The third-order valence-electron chi connectivity index (χ3n) is 4.42. The maximum absolute atomic E-state index is 12.6. The standard InChI is InChI=1S/C22H23BN2O4/c1-15(26)25(14-16-13-18(27-2)9-11-20(16)28-3)19-10-12-21(23)24-22(19)29-17-7-5-4-6-8-17/h4-13H,14,23H2,1-3H3. The van der Waals surface area contributed by atoms with Crippen LogP contribution in [0.5, 0.6) is 23.1 Å². The van der Waals surface area contributed by atoms with Crippen molar-refractivity contribution >= 4 is 25.0 Å². The summed E-state index contributed by atoms with van der Waals surface area (Å²) in [5, 5.41) is 0. The number of hydrogen-bond acceptors (Lipinski definition) is 5. The molecular formula is C22H23BN2O4. The minimum absolute atomic E-state index is 0.140. The molecule has 0 unspecified atom stereocenters. The molecular weight excluding hydrogens is 367 g/mol. The number of methoxy groups -OCH3 is 2. The lowest BCUT2D eigenvalue weighted by Gasteiger charge is -2.24. The summed E-state index contributed by atoms with van der Waals surface area (Å²) in [5.74, 6) is 2.23. The highest BCUT2D eigenvalue weighted by molar-refractivity contribution is 6.30. The minimum atomic E-state index is -0.140. The van der Waals surface area contributed by atoms with Crippen molar-refractivity contribution in [1.29, 1.82) is 0 Å². The number of aromatic nitrogens is 1. The molecule has 2 aromatic carbocycles. The third kappa shape index (κ3) is 4.87. The Morgan fingerprint density at radius 3 is 2.41 bits per heavy atom. The molecule has 29 heavy (non-hydrogen) atoms. The van der Waals surface area contributed by atoms with E-state index in [4.69, 9.17) is 14.2 Å². The van der Waals surface area contributed by atoms with Gasteiger partial charge in [0.15, 0.2) is 7.85 Å². The van der Waals surface area contributed by atoms with Crippen LogP contribution in [0.2, 0.25) is 0 Å². The van der Waals surface area contributed by atoms with E-state index in [-0.39, 0.29) is 12.5 Å². The van der Waals surface area contributed by atoms with Gasteiger partial charge in [0, 0.05) is 12.5 Å². The lowest BCUT2D eigenvalue weighted by atomic mass is 10.0. The van der Waals surface area contributed by atoms with Gasteiger partial charge in [-0.2, -0.15) is 0 Å². The topological polar surface area (TPSA) is 60.9 Å². The maximum Gasteiger partial charge on any atom is 0.242 e. The fraction of sp³-hybridized carbons (Fsp3) is 0.182. The van der Waals surface area contributed by atoms with Crippen LogP contribution in [0.25, 0.3) is 0 Å². The Hall–Kier alpha value is -3.48. The van der Waals surface area contributed by atoms with Gasteiger partial charge in [-0.15, -0.1) is 0 Å². The van der Waals surface area contributed by atoms with Crippen LogP contribution in [0.1, 0.15) is 12.5 Å². The zero-order valence-electron chi connectivity index (χ0n) is 17.0. The highest BCUT2D eigenvalue weighted by Gasteiger charge is 2.21. The van der Waals surface area contributed by atoms with Crippen LogP contribution in [0.15, 0.2) is 60.7 Å². The Morgan fingerprint density at radius 2 is 1.76 bits per heavy atom.